The molecule has 0 spiro atoms. The van der Waals surface area contributed by atoms with Gasteiger partial charge in [0.2, 0.25) is 0 Å². The summed E-state index contributed by atoms with van der Waals surface area (Å²) in [6, 6.07) is 0. The first kappa shape index (κ1) is 7.11. The van der Waals surface area contributed by atoms with Gasteiger partial charge < -0.3 is 0 Å². The third-order valence-corrected chi connectivity index (χ3v) is 3.18. The van der Waals surface area contributed by atoms with E-state index in [1.807, 2.05) is 0 Å². The number of hydrogen-bond donors (Lipinski definition) is 0. The van der Waals surface area contributed by atoms with Crippen LogP contribution in [0.15, 0.2) is 0 Å². The Morgan fingerprint density at radius 3 is 1.56 bits per heavy atom. The maximum absolute atomic E-state index is 2.38. The molecule has 1 saturated carbocycles. The second-order valence-corrected chi connectivity index (χ2v) is 4.38. The van der Waals surface area contributed by atoms with Crippen molar-refractivity contribution in [3.8, 4) is 0 Å². The summed E-state index contributed by atoms with van der Waals surface area (Å²) in [5.74, 6) is 2.82. The molecule has 9 heavy (non-hydrogen) atoms. The highest BCUT2D eigenvalue weighted by Crippen LogP contribution is 2.61. The van der Waals surface area contributed by atoms with E-state index in [4.69, 9.17) is 0 Å². The summed E-state index contributed by atoms with van der Waals surface area (Å²) in [7, 11) is 0. The average molecular weight is 126 g/mol. The minimum absolute atomic E-state index is 0.647. The number of rotatable bonds is 1. The Morgan fingerprint density at radius 1 is 1.22 bits per heavy atom. The van der Waals surface area contributed by atoms with Gasteiger partial charge in [0, 0.05) is 0 Å². The zero-order chi connectivity index (χ0) is 7.23. The van der Waals surface area contributed by atoms with Gasteiger partial charge in [-0.05, 0) is 23.2 Å². The Hall–Kier alpha value is 0. The lowest BCUT2D eigenvalue weighted by Gasteiger charge is -2.04. The van der Waals surface area contributed by atoms with Gasteiger partial charge in [-0.3, -0.25) is 0 Å². The average Bonchev–Trinajstić information content (AvgIpc) is 2.07. The zero-order valence-electron chi connectivity index (χ0n) is 7.23. The first-order chi connectivity index (χ1) is 3.98. The molecule has 0 N–H and O–H groups in total. The molecule has 0 aromatic heterocycles. The second-order valence-electron chi connectivity index (χ2n) is 4.38. The van der Waals surface area contributed by atoms with Crippen molar-refractivity contribution in [1.82, 2.24) is 0 Å². The van der Waals surface area contributed by atoms with Gasteiger partial charge in [0.1, 0.15) is 0 Å². The summed E-state index contributed by atoms with van der Waals surface area (Å²) in [6.45, 7) is 11.8. The first-order valence-electron chi connectivity index (χ1n) is 3.98. The van der Waals surface area contributed by atoms with Crippen molar-refractivity contribution in [3.05, 3.63) is 0 Å². The monoisotopic (exact) mass is 126 g/mol. The Morgan fingerprint density at radius 2 is 1.56 bits per heavy atom. The van der Waals surface area contributed by atoms with Crippen LogP contribution in [-0.4, -0.2) is 0 Å². The SMILES string of the molecule is CC(C)C1C(C)C1(C)C. The molecule has 0 aliphatic heterocycles. The lowest BCUT2D eigenvalue weighted by molar-refractivity contribution is 0.451. The van der Waals surface area contributed by atoms with Crippen molar-refractivity contribution in [2.45, 2.75) is 34.6 Å². The molecule has 0 nitrogen and oxygen atoms in total. The van der Waals surface area contributed by atoms with Gasteiger partial charge in [-0.25, -0.2) is 0 Å². The normalized spacial score (nSPS) is 39.3. The summed E-state index contributed by atoms with van der Waals surface area (Å²) in [4.78, 5) is 0. The summed E-state index contributed by atoms with van der Waals surface area (Å²) in [6.07, 6.45) is 0. The van der Waals surface area contributed by atoms with Crippen LogP contribution in [0.1, 0.15) is 34.6 Å². The molecule has 0 bridgehead atoms. The maximum atomic E-state index is 2.38. The molecule has 0 saturated heterocycles. The molecular weight excluding hydrogens is 108 g/mol. The topological polar surface area (TPSA) is 0 Å². The molecule has 1 aliphatic rings. The van der Waals surface area contributed by atoms with Crippen molar-refractivity contribution in [1.29, 1.82) is 0 Å². The van der Waals surface area contributed by atoms with Crippen molar-refractivity contribution >= 4 is 0 Å². The smallest absolute Gasteiger partial charge is 0.0292 e. The Labute approximate surface area is 58.7 Å². The Balaban J connectivity index is 2.52. The van der Waals surface area contributed by atoms with Crippen LogP contribution in [0.2, 0.25) is 0 Å². The molecule has 0 aromatic rings. The molecule has 0 heterocycles. The van der Waals surface area contributed by atoms with Crippen LogP contribution < -0.4 is 0 Å². The van der Waals surface area contributed by atoms with Gasteiger partial charge in [0.05, 0.1) is 0 Å². The van der Waals surface area contributed by atoms with Crippen LogP contribution in [0, 0.1) is 23.2 Å². The third kappa shape index (κ3) is 0.889. The quantitative estimate of drug-likeness (QED) is 0.506. The van der Waals surface area contributed by atoms with Crippen molar-refractivity contribution < 1.29 is 0 Å². The highest BCUT2D eigenvalue weighted by Gasteiger charge is 2.55. The molecule has 54 valence electrons. The minimum Gasteiger partial charge on any atom is -0.0625 e. The molecule has 1 aliphatic carbocycles. The fourth-order valence-electron chi connectivity index (χ4n) is 2.38. The summed E-state index contributed by atoms with van der Waals surface area (Å²) >= 11 is 0. The van der Waals surface area contributed by atoms with E-state index in [-0.39, 0.29) is 0 Å². The summed E-state index contributed by atoms with van der Waals surface area (Å²) < 4.78 is 0. The van der Waals surface area contributed by atoms with Crippen molar-refractivity contribution in [2.24, 2.45) is 23.2 Å². The molecule has 1 rings (SSSR count). The standard InChI is InChI=1S/C9H18/c1-6(2)8-7(3)9(8,4)5/h6-8H,1-5H3. The Kier molecular flexibility index (Phi) is 1.38. The fraction of sp³-hybridized carbons (Fsp3) is 1.00. The van der Waals surface area contributed by atoms with Gasteiger partial charge in [-0.2, -0.15) is 0 Å². The van der Waals surface area contributed by atoms with E-state index < -0.39 is 0 Å². The predicted molar refractivity (Wildman–Crippen MR) is 41.3 cm³/mol. The second kappa shape index (κ2) is 1.74. The fourth-order valence-corrected chi connectivity index (χ4v) is 2.38. The first-order valence-corrected chi connectivity index (χ1v) is 3.98. The largest absolute Gasteiger partial charge is 0.0625 e. The van der Waals surface area contributed by atoms with E-state index in [2.05, 4.69) is 34.6 Å². The lowest BCUT2D eigenvalue weighted by atomic mass is 10.0. The highest BCUT2D eigenvalue weighted by atomic mass is 14.6. The van der Waals surface area contributed by atoms with E-state index >= 15 is 0 Å². The van der Waals surface area contributed by atoms with Crippen molar-refractivity contribution in [2.75, 3.05) is 0 Å². The molecule has 0 radical (unpaired) electrons. The molecule has 0 heteroatoms. The van der Waals surface area contributed by atoms with Gasteiger partial charge in [-0.1, -0.05) is 34.6 Å². The van der Waals surface area contributed by atoms with Gasteiger partial charge in [0.15, 0.2) is 0 Å². The predicted octanol–water partition coefficient (Wildman–Crippen LogP) is 2.93. The molecule has 0 amide bonds. The molecule has 2 unspecified atom stereocenters. The van der Waals surface area contributed by atoms with Crippen molar-refractivity contribution in [3.63, 3.8) is 0 Å². The van der Waals surface area contributed by atoms with E-state index in [1.165, 1.54) is 0 Å². The van der Waals surface area contributed by atoms with Gasteiger partial charge >= 0.3 is 0 Å². The van der Waals surface area contributed by atoms with E-state index in [0.29, 0.717) is 5.41 Å². The van der Waals surface area contributed by atoms with E-state index in [1.54, 1.807) is 0 Å². The van der Waals surface area contributed by atoms with Crippen LogP contribution in [-0.2, 0) is 0 Å². The summed E-state index contributed by atoms with van der Waals surface area (Å²) in [5, 5.41) is 0. The van der Waals surface area contributed by atoms with Crippen LogP contribution in [0.3, 0.4) is 0 Å². The van der Waals surface area contributed by atoms with Gasteiger partial charge in [-0.15, -0.1) is 0 Å². The molecule has 2 atom stereocenters. The Bertz CT molecular complexity index is 111. The zero-order valence-corrected chi connectivity index (χ0v) is 7.23. The van der Waals surface area contributed by atoms with E-state index in [0.717, 1.165) is 17.8 Å². The maximum Gasteiger partial charge on any atom is -0.0292 e. The molecular formula is C9H18. The summed E-state index contributed by atoms with van der Waals surface area (Å²) in [5.41, 5.74) is 0.647. The lowest BCUT2D eigenvalue weighted by Crippen LogP contribution is -1.96. The van der Waals surface area contributed by atoms with Gasteiger partial charge in [0.25, 0.3) is 0 Å². The van der Waals surface area contributed by atoms with Crippen LogP contribution in [0.5, 0.6) is 0 Å². The molecule has 0 aromatic carbocycles. The highest BCUT2D eigenvalue weighted by molar-refractivity contribution is 5.03. The third-order valence-electron chi connectivity index (χ3n) is 3.18. The van der Waals surface area contributed by atoms with Crippen LogP contribution in [0.25, 0.3) is 0 Å². The van der Waals surface area contributed by atoms with Crippen LogP contribution >= 0.6 is 0 Å². The number of hydrogen-bond acceptors (Lipinski definition) is 0. The minimum atomic E-state index is 0.647. The molecule has 1 fully saturated rings. The van der Waals surface area contributed by atoms with Crippen LogP contribution in [0.4, 0.5) is 0 Å². The van der Waals surface area contributed by atoms with E-state index in [9.17, 15) is 0 Å².